The van der Waals surface area contributed by atoms with Gasteiger partial charge in [-0.3, -0.25) is 4.79 Å². The van der Waals surface area contributed by atoms with Crippen molar-refractivity contribution < 1.29 is 9.59 Å². The molecule has 2 aromatic rings. The first kappa shape index (κ1) is 19.7. The van der Waals surface area contributed by atoms with E-state index in [2.05, 4.69) is 10.3 Å². The number of aryl methyl sites for hydroxylation is 2. The van der Waals surface area contributed by atoms with Crippen molar-refractivity contribution in [2.45, 2.75) is 25.2 Å². The predicted molar refractivity (Wildman–Crippen MR) is 111 cm³/mol. The van der Waals surface area contributed by atoms with Gasteiger partial charge < -0.3 is 15.1 Å². The number of thioether (sulfide) groups is 1. The van der Waals surface area contributed by atoms with Gasteiger partial charge in [0, 0.05) is 36.8 Å². The zero-order chi connectivity index (χ0) is 19.4. The molecule has 0 aliphatic carbocycles. The Hall–Kier alpha value is -2.06. The van der Waals surface area contributed by atoms with Crippen LogP contribution in [-0.2, 0) is 0 Å². The molecule has 3 amide bonds. The summed E-state index contributed by atoms with van der Waals surface area (Å²) in [4.78, 5) is 35.2. The zero-order valence-electron chi connectivity index (χ0n) is 15.8. The third kappa shape index (κ3) is 4.81. The van der Waals surface area contributed by atoms with Crippen LogP contribution in [0.15, 0.2) is 29.2 Å². The lowest BCUT2D eigenvalue weighted by Gasteiger charge is -2.22. The molecule has 0 radical (unpaired) electrons. The van der Waals surface area contributed by atoms with E-state index in [0.29, 0.717) is 31.1 Å². The van der Waals surface area contributed by atoms with E-state index in [1.807, 2.05) is 49.3 Å². The van der Waals surface area contributed by atoms with E-state index >= 15 is 0 Å². The van der Waals surface area contributed by atoms with Gasteiger partial charge in [0.1, 0.15) is 4.88 Å². The van der Waals surface area contributed by atoms with E-state index in [1.54, 1.807) is 16.7 Å². The van der Waals surface area contributed by atoms with Crippen molar-refractivity contribution in [2.24, 2.45) is 0 Å². The maximum atomic E-state index is 12.8. The Labute approximate surface area is 168 Å². The van der Waals surface area contributed by atoms with Gasteiger partial charge in [-0.2, -0.15) is 0 Å². The first-order chi connectivity index (χ1) is 13.0. The monoisotopic (exact) mass is 404 g/mol. The Morgan fingerprint density at radius 2 is 1.74 bits per heavy atom. The summed E-state index contributed by atoms with van der Waals surface area (Å²) in [5.41, 5.74) is 1.57. The minimum atomic E-state index is -0.119. The number of hydrogen-bond donors (Lipinski definition) is 1. The highest BCUT2D eigenvalue weighted by atomic mass is 32.2. The van der Waals surface area contributed by atoms with Crippen molar-refractivity contribution in [1.29, 1.82) is 0 Å². The van der Waals surface area contributed by atoms with Gasteiger partial charge in [0.05, 0.1) is 10.7 Å². The Kier molecular flexibility index (Phi) is 6.38. The molecule has 6 nitrogen and oxygen atoms in total. The van der Waals surface area contributed by atoms with E-state index in [0.717, 1.165) is 27.7 Å². The molecule has 27 heavy (non-hydrogen) atoms. The van der Waals surface area contributed by atoms with Gasteiger partial charge >= 0.3 is 6.03 Å². The number of nitrogens with zero attached hydrogens (tertiary/aromatic N) is 3. The van der Waals surface area contributed by atoms with Crippen LogP contribution in [0, 0.1) is 13.8 Å². The Morgan fingerprint density at radius 3 is 2.37 bits per heavy atom. The van der Waals surface area contributed by atoms with E-state index in [-0.39, 0.29) is 11.9 Å². The van der Waals surface area contributed by atoms with Crippen LogP contribution in [0.4, 0.5) is 10.5 Å². The molecular weight excluding hydrogens is 380 g/mol. The Balaban J connectivity index is 1.59. The summed E-state index contributed by atoms with van der Waals surface area (Å²) >= 11 is 3.10. The largest absolute Gasteiger partial charge is 0.336 e. The average molecular weight is 405 g/mol. The molecule has 1 saturated heterocycles. The van der Waals surface area contributed by atoms with Gasteiger partial charge in [-0.15, -0.1) is 23.1 Å². The van der Waals surface area contributed by atoms with E-state index in [1.165, 1.54) is 11.3 Å². The van der Waals surface area contributed by atoms with Gasteiger partial charge in [-0.05, 0) is 50.8 Å². The summed E-state index contributed by atoms with van der Waals surface area (Å²) in [6, 6.07) is 7.68. The number of rotatable bonds is 3. The van der Waals surface area contributed by atoms with Crippen molar-refractivity contribution in [3.8, 4) is 0 Å². The second kappa shape index (κ2) is 8.75. The highest BCUT2D eigenvalue weighted by molar-refractivity contribution is 7.98. The second-order valence-electron chi connectivity index (χ2n) is 6.44. The summed E-state index contributed by atoms with van der Waals surface area (Å²) in [5.74, 6) is 0.0213. The van der Waals surface area contributed by atoms with Crippen molar-refractivity contribution in [2.75, 3.05) is 37.8 Å². The molecule has 1 N–H and O–H groups in total. The molecule has 0 spiro atoms. The fourth-order valence-electron chi connectivity index (χ4n) is 3.07. The van der Waals surface area contributed by atoms with E-state index < -0.39 is 0 Å². The number of thiazole rings is 1. The second-order valence-corrected chi connectivity index (χ2v) is 8.52. The molecule has 144 valence electrons. The predicted octanol–water partition coefficient (Wildman–Crippen LogP) is 3.86. The van der Waals surface area contributed by atoms with Gasteiger partial charge in [-0.25, -0.2) is 9.78 Å². The highest BCUT2D eigenvalue weighted by Gasteiger charge is 2.25. The van der Waals surface area contributed by atoms with Gasteiger partial charge in [0.15, 0.2) is 0 Å². The van der Waals surface area contributed by atoms with Crippen LogP contribution in [0.5, 0.6) is 0 Å². The smallest absolute Gasteiger partial charge is 0.321 e. The number of carbonyl (C=O) groups excluding carboxylic acids is 2. The zero-order valence-corrected chi connectivity index (χ0v) is 17.5. The third-order valence-electron chi connectivity index (χ3n) is 4.51. The number of amides is 3. The summed E-state index contributed by atoms with van der Waals surface area (Å²) in [7, 11) is 0. The molecule has 1 aliphatic rings. The van der Waals surface area contributed by atoms with Crippen molar-refractivity contribution in [1.82, 2.24) is 14.8 Å². The minimum Gasteiger partial charge on any atom is -0.336 e. The number of nitrogens with one attached hydrogen (secondary N) is 1. The normalized spacial score (nSPS) is 14.8. The highest BCUT2D eigenvalue weighted by Crippen LogP contribution is 2.21. The molecule has 8 heteroatoms. The average Bonchev–Trinajstić information content (AvgIpc) is 2.86. The van der Waals surface area contributed by atoms with E-state index in [4.69, 9.17) is 0 Å². The molecule has 1 fully saturated rings. The lowest BCUT2D eigenvalue weighted by atomic mass is 10.3. The van der Waals surface area contributed by atoms with Crippen LogP contribution in [-0.4, -0.2) is 59.2 Å². The number of anilines is 1. The SMILES string of the molecule is CSc1ccc(NC(=O)N2CCCN(C(=O)c3sc(C)nc3C)CC2)cc1. The molecule has 0 atom stereocenters. The first-order valence-electron chi connectivity index (χ1n) is 8.91. The van der Waals surface area contributed by atoms with Crippen LogP contribution in [0.1, 0.15) is 26.8 Å². The van der Waals surface area contributed by atoms with Crippen molar-refractivity contribution in [3.63, 3.8) is 0 Å². The molecule has 0 bridgehead atoms. The maximum Gasteiger partial charge on any atom is 0.321 e. The third-order valence-corrected chi connectivity index (χ3v) is 6.31. The molecule has 1 aromatic carbocycles. The standard InChI is InChI=1S/C19H24N4O2S2/c1-13-17(27-14(2)20-13)18(24)22-9-4-10-23(12-11-22)19(25)21-15-5-7-16(26-3)8-6-15/h5-8H,4,9-12H2,1-3H3,(H,21,25). The number of hydrogen-bond acceptors (Lipinski definition) is 5. The molecule has 1 aliphatic heterocycles. The van der Waals surface area contributed by atoms with Crippen LogP contribution in [0.3, 0.4) is 0 Å². The lowest BCUT2D eigenvalue weighted by molar-refractivity contribution is 0.0766. The lowest BCUT2D eigenvalue weighted by Crippen LogP contribution is -2.39. The Bertz CT molecular complexity index is 820. The summed E-state index contributed by atoms with van der Waals surface area (Å²) < 4.78 is 0. The van der Waals surface area contributed by atoms with Gasteiger partial charge in [0.25, 0.3) is 5.91 Å². The molecule has 2 heterocycles. The minimum absolute atomic E-state index is 0.0213. The molecule has 0 saturated carbocycles. The number of carbonyl (C=O) groups is 2. The number of aromatic nitrogens is 1. The summed E-state index contributed by atoms with van der Waals surface area (Å²) in [6.45, 7) is 6.14. The van der Waals surface area contributed by atoms with Crippen molar-refractivity contribution in [3.05, 3.63) is 39.8 Å². The number of benzene rings is 1. The maximum absolute atomic E-state index is 12.8. The molecular formula is C19H24N4O2S2. The van der Waals surface area contributed by atoms with Crippen LogP contribution in [0.25, 0.3) is 0 Å². The molecule has 3 rings (SSSR count). The van der Waals surface area contributed by atoms with Crippen LogP contribution in [0.2, 0.25) is 0 Å². The van der Waals surface area contributed by atoms with E-state index in [9.17, 15) is 9.59 Å². The van der Waals surface area contributed by atoms with Crippen molar-refractivity contribution >= 4 is 40.7 Å². The Morgan fingerprint density at radius 1 is 1.07 bits per heavy atom. The van der Waals surface area contributed by atoms with Crippen LogP contribution < -0.4 is 5.32 Å². The fraction of sp³-hybridized carbons (Fsp3) is 0.421. The van der Waals surface area contributed by atoms with Crippen LogP contribution >= 0.6 is 23.1 Å². The fourth-order valence-corrected chi connectivity index (χ4v) is 4.37. The molecule has 0 unspecified atom stereocenters. The number of urea groups is 1. The first-order valence-corrected chi connectivity index (χ1v) is 11.0. The van der Waals surface area contributed by atoms with Gasteiger partial charge in [-0.1, -0.05) is 0 Å². The summed E-state index contributed by atoms with van der Waals surface area (Å²) in [6.07, 6.45) is 2.79. The molecule has 1 aromatic heterocycles. The topological polar surface area (TPSA) is 65.5 Å². The quantitative estimate of drug-likeness (QED) is 0.789. The summed E-state index contributed by atoms with van der Waals surface area (Å²) in [5, 5.41) is 3.85. The van der Waals surface area contributed by atoms with Gasteiger partial charge in [0.2, 0.25) is 0 Å².